The van der Waals surface area contributed by atoms with E-state index in [9.17, 15) is 4.79 Å². The van der Waals surface area contributed by atoms with Crippen LogP contribution < -0.4 is 4.89 Å². The van der Waals surface area contributed by atoms with Gasteiger partial charge >= 0.3 is 0 Å². The monoisotopic (exact) mass is 477 g/mol. The van der Waals surface area contributed by atoms with Crippen molar-refractivity contribution in [2.45, 2.75) is 133 Å². The molecule has 8 heteroatoms. The Kier molecular flexibility index (Phi) is 6.79. The number of carbonyl (C=O) groups is 1. The first-order chi connectivity index (χ1) is 13.1. The molecule has 178 valence electrons. The Morgan fingerprint density at radius 1 is 0.967 bits per heavy atom. The normalized spacial score (nSPS) is 34.0. The third kappa shape index (κ3) is 4.65. The highest BCUT2D eigenvalue weighted by Crippen LogP contribution is 2.73. The number of carbonyl (C=O) groups excluding carboxylic acids is 1. The predicted molar refractivity (Wildman–Crippen MR) is 134 cm³/mol. The lowest BCUT2D eigenvalue weighted by atomic mass is 9.75. The van der Waals surface area contributed by atoms with Crippen LogP contribution in [0.3, 0.4) is 0 Å². The van der Waals surface area contributed by atoms with Crippen LogP contribution in [0.5, 0.6) is 0 Å². The molecule has 0 aromatic rings. The van der Waals surface area contributed by atoms with E-state index in [0.717, 1.165) is 19.1 Å². The summed E-state index contributed by atoms with van der Waals surface area (Å²) in [5.74, 6) is 0. The van der Waals surface area contributed by atoms with Crippen LogP contribution in [-0.2, 0) is 17.9 Å². The highest BCUT2D eigenvalue weighted by Gasteiger charge is 2.67. The summed E-state index contributed by atoms with van der Waals surface area (Å²) in [6, 6.07) is 0. The highest BCUT2D eigenvalue weighted by molar-refractivity contribution is 8.34. The van der Waals surface area contributed by atoms with Gasteiger partial charge in [0.05, 0.1) is 11.7 Å². The zero-order valence-corrected chi connectivity index (χ0v) is 24.5. The minimum Gasteiger partial charge on any atom is -0.414 e. The van der Waals surface area contributed by atoms with Crippen LogP contribution >= 0.6 is 10.5 Å². The maximum Gasteiger partial charge on any atom is 0.192 e. The van der Waals surface area contributed by atoms with Gasteiger partial charge in [0.1, 0.15) is 11.5 Å². The Balaban J connectivity index is 2.36. The Hall–Kier alpha value is 0.294. The fourth-order valence-electron chi connectivity index (χ4n) is 3.70. The number of nitrogens with one attached hydrogen (secondary N) is 1. The second-order valence-electron chi connectivity index (χ2n) is 13.3. The van der Waals surface area contributed by atoms with E-state index in [1.807, 2.05) is 0 Å². The summed E-state index contributed by atoms with van der Waals surface area (Å²) in [4.78, 5) is 15.7. The number of rotatable bonds is 7. The summed E-state index contributed by atoms with van der Waals surface area (Å²) in [6.45, 7) is 29.2. The lowest BCUT2D eigenvalue weighted by Gasteiger charge is -2.59. The molecule has 1 N–H and O–H groups in total. The van der Waals surface area contributed by atoms with Crippen molar-refractivity contribution in [3.8, 4) is 0 Å². The Morgan fingerprint density at radius 2 is 1.40 bits per heavy atom. The van der Waals surface area contributed by atoms with Crippen molar-refractivity contribution in [3.05, 3.63) is 0 Å². The largest absolute Gasteiger partial charge is 0.414 e. The van der Waals surface area contributed by atoms with Crippen LogP contribution in [0.4, 0.5) is 0 Å². The summed E-state index contributed by atoms with van der Waals surface area (Å²) in [6.07, 6.45) is 2.79. The number of hydrogen-bond donors (Lipinski definition) is 1. The molecule has 0 radical (unpaired) electrons. The van der Waals surface area contributed by atoms with Gasteiger partial charge in [-0.15, -0.1) is 4.89 Å². The molecule has 0 aromatic heterocycles. The van der Waals surface area contributed by atoms with Crippen LogP contribution in [0.15, 0.2) is 0 Å². The molecule has 30 heavy (non-hydrogen) atoms. The van der Waals surface area contributed by atoms with E-state index < -0.39 is 32.7 Å². The molecular formula is C22H47NO4SSi2. The zero-order chi connectivity index (χ0) is 23.6. The first kappa shape index (κ1) is 26.5. The van der Waals surface area contributed by atoms with Crippen LogP contribution in [0.2, 0.25) is 36.3 Å². The van der Waals surface area contributed by atoms with Gasteiger partial charge in [-0.1, -0.05) is 41.5 Å². The van der Waals surface area contributed by atoms with Crippen LogP contribution in [0.25, 0.3) is 0 Å². The van der Waals surface area contributed by atoms with E-state index in [1.165, 1.54) is 0 Å². The molecule has 1 heterocycles. The standard InChI is InChI=1S/C22H47NO4SSi2/c1-19(2,3)28(23-27-28)18(16-24)22(26-30(12,13)21(7,8)9)14-17(15-22)25-29(10,11)20(4,5)6/h16-18,23H,14-15H2,1-13H3. The molecule has 0 spiro atoms. The van der Waals surface area contributed by atoms with Crippen molar-refractivity contribution in [2.75, 3.05) is 0 Å². The molecule has 2 fully saturated rings. The number of hydrogen-bond acceptors (Lipinski definition) is 5. The van der Waals surface area contributed by atoms with Gasteiger partial charge in [-0.3, -0.25) is 0 Å². The van der Waals surface area contributed by atoms with Gasteiger partial charge in [0.15, 0.2) is 16.6 Å². The molecular weight excluding hydrogens is 430 g/mol. The van der Waals surface area contributed by atoms with E-state index in [0.29, 0.717) is 0 Å². The van der Waals surface area contributed by atoms with Crippen molar-refractivity contribution in [2.24, 2.45) is 0 Å². The molecule has 1 saturated carbocycles. The van der Waals surface area contributed by atoms with Gasteiger partial charge in [-0.25, -0.2) is 4.28 Å². The van der Waals surface area contributed by atoms with E-state index in [-0.39, 0.29) is 26.2 Å². The van der Waals surface area contributed by atoms with Gasteiger partial charge in [0.2, 0.25) is 0 Å². The third-order valence-electron chi connectivity index (χ3n) is 7.85. The maximum absolute atomic E-state index is 12.6. The first-order valence-corrected chi connectivity index (χ1v) is 18.7. The van der Waals surface area contributed by atoms with E-state index >= 15 is 0 Å². The van der Waals surface area contributed by atoms with Crippen LogP contribution in [0, 0.1) is 0 Å². The van der Waals surface area contributed by atoms with Crippen molar-refractivity contribution >= 4 is 33.4 Å². The summed E-state index contributed by atoms with van der Waals surface area (Å²) in [5, 5.41) is -0.0615. The van der Waals surface area contributed by atoms with Crippen molar-refractivity contribution in [1.29, 1.82) is 0 Å². The summed E-state index contributed by atoms with van der Waals surface area (Å²) >= 11 is 0. The molecule has 2 atom stereocenters. The first-order valence-electron chi connectivity index (χ1n) is 11.2. The smallest absolute Gasteiger partial charge is 0.192 e. The van der Waals surface area contributed by atoms with E-state index in [2.05, 4.69) is 93.4 Å². The quantitative estimate of drug-likeness (QED) is 0.258. The van der Waals surface area contributed by atoms with Gasteiger partial charge in [-0.2, -0.15) is 0 Å². The predicted octanol–water partition coefficient (Wildman–Crippen LogP) is 6.47. The van der Waals surface area contributed by atoms with Crippen LogP contribution in [0.1, 0.15) is 75.2 Å². The molecule has 1 aliphatic heterocycles. The molecule has 5 nitrogen and oxygen atoms in total. The fraction of sp³-hybridized carbons (Fsp3) is 0.955. The topological polar surface area (TPSA) is 70.0 Å². The summed E-state index contributed by atoms with van der Waals surface area (Å²) < 4.78 is 19.5. The second-order valence-corrected chi connectivity index (χ2v) is 26.0. The molecule has 2 rings (SSSR count). The summed E-state index contributed by atoms with van der Waals surface area (Å²) in [7, 11) is -5.71. The van der Waals surface area contributed by atoms with Crippen molar-refractivity contribution in [3.63, 3.8) is 0 Å². The molecule has 0 bridgehead atoms. The Morgan fingerprint density at radius 3 is 1.70 bits per heavy atom. The summed E-state index contributed by atoms with van der Waals surface area (Å²) in [5.41, 5.74) is -0.510. The van der Waals surface area contributed by atoms with E-state index in [4.69, 9.17) is 13.1 Å². The lowest BCUT2D eigenvalue weighted by molar-refractivity contribution is -0.124. The van der Waals surface area contributed by atoms with Crippen molar-refractivity contribution in [1.82, 2.24) is 4.89 Å². The van der Waals surface area contributed by atoms with Gasteiger partial charge in [0, 0.05) is 17.6 Å². The molecule has 2 unspecified atom stereocenters. The van der Waals surface area contributed by atoms with Crippen LogP contribution in [-0.4, -0.2) is 44.6 Å². The fourth-order valence-corrected chi connectivity index (χ4v) is 9.52. The van der Waals surface area contributed by atoms with Gasteiger partial charge in [-0.05, 0) is 67.5 Å². The molecule has 1 aliphatic carbocycles. The molecule has 0 amide bonds. The van der Waals surface area contributed by atoms with Crippen molar-refractivity contribution < 1.29 is 17.9 Å². The van der Waals surface area contributed by atoms with Gasteiger partial charge < -0.3 is 13.6 Å². The maximum atomic E-state index is 12.6. The number of aldehydes is 1. The second kappa shape index (κ2) is 7.67. The lowest BCUT2D eigenvalue weighted by Crippen LogP contribution is -2.66. The highest BCUT2D eigenvalue weighted by atomic mass is 32.3. The Labute approximate surface area is 189 Å². The minimum atomic E-state index is -2.10. The molecule has 1 saturated heterocycles. The molecule has 2 aliphatic rings. The average molecular weight is 478 g/mol. The zero-order valence-electron chi connectivity index (χ0n) is 21.7. The SMILES string of the molecule is CC(C)(C)[Si](C)(C)OC1CC(O[Si](C)(C)C(C)(C)C)(C(C=O)S2(C(C)(C)C)NO2)C1. The van der Waals surface area contributed by atoms with E-state index in [1.54, 1.807) is 0 Å². The minimum absolute atomic E-state index is 0.0703. The van der Waals surface area contributed by atoms with Gasteiger partial charge in [0.25, 0.3) is 0 Å². The molecule has 0 aromatic carbocycles. The average Bonchev–Trinajstić information content (AvgIpc) is 3.24. The third-order valence-corrected chi connectivity index (χ3v) is 20.5. The Bertz CT molecular complexity index is 652.